The van der Waals surface area contributed by atoms with Crippen LogP contribution in [0.1, 0.15) is 18.7 Å². The average molecular weight is 209 g/mol. The number of hydrogen-bond acceptors (Lipinski definition) is 3. The van der Waals surface area contributed by atoms with Crippen LogP contribution in [-0.4, -0.2) is 20.2 Å². The second kappa shape index (κ2) is 2.92. The first-order valence-corrected chi connectivity index (χ1v) is 5.06. The number of nitrogens with zero attached hydrogens (tertiary/aromatic N) is 3. The Labute approximate surface area is 85.7 Å². The molecule has 2 heterocycles. The van der Waals surface area contributed by atoms with Crippen molar-refractivity contribution in [1.82, 2.24) is 20.2 Å². The summed E-state index contributed by atoms with van der Waals surface area (Å²) in [6, 6.07) is 0. The first kappa shape index (κ1) is 8.17. The molecule has 3 rings (SSSR count). The monoisotopic (exact) mass is 208 g/mol. The molecule has 0 aromatic carbocycles. The SMILES string of the molecule is Clc1nc(CC2CC2)nc2[nH]ncc12. The van der Waals surface area contributed by atoms with Gasteiger partial charge in [-0.15, -0.1) is 0 Å². The number of nitrogens with one attached hydrogen (secondary N) is 1. The molecular formula is C9H9ClN4. The molecule has 2 aromatic rings. The topological polar surface area (TPSA) is 54.5 Å². The van der Waals surface area contributed by atoms with E-state index >= 15 is 0 Å². The lowest BCUT2D eigenvalue weighted by molar-refractivity contribution is 0.774. The fourth-order valence-corrected chi connectivity index (χ4v) is 1.75. The predicted octanol–water partition coefficient (Wildman–Crippen LogP) is 1.96. The molecule has 0 aliphatic heterocycles. The van der Waals surface area contributed by atoms with E-state index in [1.54, 1.807) is 6.20 Å². The fourth-order valence-electron chi connectivity index (χ4n) is 1.51. The molecule has 5 heteroatoms. The van der Waals surface area contributed by atoms with Crippen molar-refractivity contribution in [3.63, 3.8) is 0 Å². The van der Waals surface area contributed by atoms with Crippen molar-refractivity contribution in [3.05, 3.63) is 17.2 Å². The Hall–Kier alpha value is -1.16. The van der Waals surface area contributed by atoms with Gasteiger partial charge in [-0.2, -0.15) is 5.10 Å². The van der Waals surface area contributed by atoms with E-state index in [2.05, 4.69) is 20.2 Å². The molecule has 0 spiro atoms. The number of hydrogen-bond donors (Lipinski definition) is 1. The Morgan fingerprint density at radius 3 is 3.07 bits per heavy atom. The molecule has 14 heavy (non-hydrogen) atoms. The number of halogens is 1. The van der Waals surface area contributed by atoms with E-state index in [0.717, 1.165) is 29.2 Å². The van der Waals surface area contributed by atoms with Crippen molar-refractivity contribution in [1.29, 1.82) is 0 Å². The third kappa shape index (κ3) is 1.35. The number of aromatic nitrogens is 4. The lowest BCUT2D eigenvalue weighted by Crippen LogP contribution is -1.97. The highest BCUT2D eigenvalue weighted by molar-refractivity contribution is 6.33. The van der Waals surface area contributed by atoms with Crippen molar-refractivity contribution in [2.75, 3.05) is 0 Å². The zero-order valence-corrected chi connectivity index (χ0v) is 8.25. The zero-order chi connectivity index (χ0) is 9.54. The molecular weight excluding hydrogens is 200 g/mol. The summed E-state index contributed by atoms with van der Waals surface area (Å²) < 4.78 is 0. The van der Waals surface area contributed by atoms with Gasteiger partial charge in [-0.3, -0.25) is 5.10 Å². The number of aromatic amines is 1. The summed E-state index contributed by atoms with van der Waals surface area (Å²) in [6.45, 7) is 0. The predicted molar refractivity (Wildman–Crippen MR) is 53.1 cm³/mol. The van der Waals surface area contributed by atoms with Crippen molar-refractivity contribution in [2.45, 2.75) is 19.3 Å². The fraction of sp³-hybridized carbons (Fsp3) is 0.444. The average Bonchev–Trinajstić information content (AvgIpc) is 2.82. The van der Waals surface area contributed by atoms with Crippen LogP contribution in [-0.2, 0) is 6.42 Å². The zero-order valence-electron chi connectivity index (χ0n) is 7.50. The van der Waals surface area contributed by atoms with Gasteiger partial charge in [-0.1, -0.05) is 11.6 Å². The van der Waals surface area contributed by atoms with Crippen LogP contribution in [0.15, 0.2) is 6.20 Å². The molecule has 1 fully saturated rings. The van der Waals surface area contributed by atoms with Crippen LogP contribution < -0.4 is 0 Å². The molecule has 1 N–H and O–H groups in total. The van der Waals surface area contributed by atoms with Gasteiger partial charge in [0, 0.05) is 6.42 Å². The summed E-state index contributed by atoms with van der Waals surface area (Å²) in [5.74, 6) is 1.60. The second-order valence-corrected chi connectivity index (χ2v) is 4.07. The molecule has 0 atom stereocenters. The van der Waals surface area contributed by atoms with Gasteiger partial charge in [0.25, 0.3) is 0 Å². The van der Waals surface area contributed by atoms with Crippen LogP contribution in [0.5, 0.6) is 0 Å². The third-order valence-electron chi connectivity index (χ3n) is 2.48. The van der Waals surface area contributed by atoms with Crippen molar-refractivity contribution >= 4 is 22.6 Å². The molecule has 1 aliphatic rings. The molecule has 1 saturated carbocycles. The van der Waals surface area contributed by atoms with E-state index in [-0.39, 0.29) is 0 Å². The van der Waals surface area contributed by atoms with Crippen LogP contribution in [0, 0.1) is 5.92 Å². The minimum atomic E-state index is 0.499. The second-order valence-electron chi connectivity index (χ2n) is 3.71. The maximum absolute atomic E-state index is 6.00. The van der Waals surface area contributed by atoms with Crippen molar-refractivity contribution in [2.24, 2.45) is 5.92 Å². The van der Waals surface area contributed by atoms with Gasteiger partial charge in [0.15, 0.2) is 5.65 Å². The highest BCUT2D eigenvalue weighted by atomic mass is 35.5. The molecule has 0 saturated heterocycles. The Morgan fingerprint density at radius 2 is 2.29 bits per heavy atom. The summed E-state index contributed by atoms with van der Waals surface area (Å²) in [6.07, 6.45) is 5.18. The minimum Gasteiger partial charge on any atom is -0.261 e. The lowest BCUT2D eigenvalue weighted by atomic mass is 10.3. The van der Waals surface area contributed by atoms with E-state index in [4.69, 9.17) is 11.6 Å². The van der Waals surface area contributed by atoms with Gasteiger partial charge in [0.1, 0.15) is 11.0 Å². The molecule has 0 unspecified atom stereocenters. The lowest BCUT2D eigenvalue weighted by Gasteiger charge is -1.98. The first-order chi connectivity index (χ1) is 6.83. The van der Waals surface area contributed by atoms with Crippen LogP contribution in [0.25, 0.3) is 11.0 Å². The Morgan fingerprint density at radius 1 is 1.43 bits per heavy atom. The number of H-pyrrole nitrogens is 1. The van der Waals surface area contributed by atoms with Crippen LogP contribution in [0.2, 0.25) is 5.15 Å². The van der Waals surface area contributed by atoms with E-state index < -0.39 is 0 Å². The summed E-state index contributed by atoms with van der Waals surface area (Å²) in [7, 11) is 0. The van der Waals surface area contributed by atoms with E-state index in [1.807, 2.05) is 0 Å². The number of rotatable bonds is 2. The summed E-state index contributed by atoms with van der Waals surface area (Å²) in [4.78, 5) is 8.61. The highest BCUT2D eigenvalue weighted by Gasteiger charge is 2.23. The molecule has 2 aromatic heterocycles. The van der Waals surface area contributed by atoms with E-state index in [1.165, 1.54) is 12.8 Å². The van der Waals surface area contributed by atoms with Crippen molar-refractivity contribution < 1.29 is 0 Å². The molecule has 0 amide bonds. The van der Waals surface area contributed by atoms with Gasteiger partial charge in [-0.25, -0.2) is 9.97 Å². The summed E-state index contributed by atoms with van der Waals surface area (Å²) in [5.41, 5.74) is 0.737. The van der Waals surface area contributed by atoms with Gasteiger partial charge >= 0.3 is 0 Å². The molecule has 1 aliphatic carbocycles. The van der Waals surface area contributed by atoms with Crippen molar-refractivity contribution in [3.8, 4) is 0 Å². The largest absolute Gasteiger partial charge is 0.261 e. The third-order valence-corrected chi connectivity index (χ3v) is 2.77. The van der Waals surface area contributed by atoms with Crippen LogP contribution in [0.4, 0.5) is 0 Å². The molecule has 4 nitrogen and oxygen atoms in total. The minimum absolute atomic E-state index is 0.499. The Bertz CT molecular complexity index is 475. The first-order valence-electron chi connectivity index (χ1n) is 4.68. The number of fused-ring (bicyclic) bond motifs is 1. The van der Waals surface area contributed by atoms with Gasteiger partial charge in [0.2, 0.25) is 0 Å². The Balaban J connectivity index is 2.06. The van der Waals surface area contributed by atoms with Gasteiger partial charge < -0.3 is 0 Å². The maximum atomic E-state index is 6.00. The van der Waals surface area contributed by atoms with Gasteiger partial charge in [0.05, 0.1) is 11.6 Å². The standard InChI is InChI=1S/C9H9ClN4/c10-8-6-4-11-14-9(6)13-7(12-8)3-5-1-2-5/h4-5H,1-3H2,(H,11,12,13,14). The van der Waals surface area contributed by atoms with Crippen LogP contribution >= 0.6 is 11.6 Å². The summed E-state index contributed by atoms with van der Waals surface area (Å²) in [5, 5.41) is 7.99. The quantitative estimate of drug-likeness (QED) is 0.768. The molecule has 72 valence electrons. The maximum Gasteiger partial charge on any atom is 0.160 e. The molecule has 0 radical (unpaired) electrons. The smallest absolute Gasteiger partial charge is 0.160 e. The summed E-state index contributed by atoms with van der Waals surface area (Å²) >= 11 is 6.00. The Kier molecular flexibility index (Phi) is 1.70. The van der Waals surface area contributed by atoms with E-state index in [0.29, 0.717) is 5.15 Å². The van der Waals surface area contributed by atoms with Gasteiger partial charge in [-0.05, 0) is 18.8 Å². The molecule has 0 bridgehead atoms. The normalized spacial score (nSPS) is 16.4. The highest BCUT2D eigenvalue weighted by Crippen LogP contribution is 2.32. The van der Waals surface area contributed by atoms with Crippen LogP contribution in [0.3, 0.4) is 0 Å². The van der Waals surface area contributed by atoms with E-state index in [9.17, 15) is 0 Å².